The number of ether oxygens (including phenoxy) is 1. The van der Waals surface area contributed by atoms with Gasteiger partial charge in [0, 0.05) is 10.8 Å². The zero-order chi connectivity index (χ0) is 12.8. The van der Waals surface area contributed by atoms with Gasteiger partial charge in [-0.05, 0) is 44.4 Å². The Balaban J connectivity index is 2.35. The predicted octanol–water partition coefficient (Wildman–Crippen LogP) is 5.22. The van der Waals surface area contributed by atoms with Crippen LogP contribution < -0.4 is 4.74 Å². The zero-order valence-corrected chi connectivity index (χ0v) is 11.3. The van der Waals surface area contributed by atoms with Crippen LogP contribution in [0.2, 0.25) is 0 Å². The molecular weight excluding hydrogens is 252 g/mol. The van der Waals surface area contributed by atoms with Gasteiger partial charge in [-0.3, -0.25) is 0 Å². The third-order valence-electron chi connectivity index (χ3n) is 3.69. The molecule has 0 atom stereocenters. The summed E-state index contributed by atoms with van der Waals surface area (Å²) in [6, 6.07) is 14.9. The van der Waals surface area contributed by atoms with Gasteiger partial charge in [-0.1, -0.05) is 30.3 Å². The molecule has 3 aromatic carbocycles. The number of fused-ring (bicyclic) bond motifs is 6. The second-order valence-corrected chi connectivity index (χ2v) is 5.40. The van der Waals surface area contributed by atoms with E-state index >= 15 is 0 Å². The van der Waals surface area contributed by atoms with Crippen LogP contribution in [-0.4, -0.2) is 7.11 Å². The maximum absolute atomic E-state index is 5.37. The average Bonchev–Trinajstić information content (AvgIpc) is 2.96. The first-order chi connectivity index (χ1) is 9.38. The molecule has 0 unspecified atom stereocenters. The molecule has 0 aliphatic carbocycles. The molecule has 92 valence electrons. The second kappa shape index (κ2) is 3.97. The molecule has 0 amide bonds. The van der Waals surface area contributed by atoms with E-state index in [0.29, 0.717) is 0 Å². The molecule has 0 saturated carbocycles. The van der Waals surface area contributed by atoms with E-state index in [1.165, 1.54) is 32.3 Å². The number of methoxy groups -OCH3 is 1. The van der Waals surface area contributed by atoms with Crippen molar-refractivity contribution >= 4 is 43.7 Å². The van der Waals surface area contributed by atoms with Gasteiger partial charge < -0.3 is 4.74 Å². The Morgan fingerprint density at radius 2 is 1.37 bits per heavy atom. The van der Waals surface area contributed by atoms with Crippen molar-refractivity contribution in [1.29, 1.82) is 0 Å². The van der Waals surface area contributed by atoms with Crippen molar-refractivity contribution in [2.45, 2.75) is 0 Å². The lowest BCUT2D eigenvalue weighted by molar-refractivity contribution is 0.415. The molecule has 4 aromatic rings. The molecule has 2 heteroatoms. The maximum atomic E-state index is 5.37. The molecule has 19 heavy (non-hydrogen) atoms. The van der Waals surface area contributed by atoms with Crippen molar-refractivity contribution in [3.63, 3.8) is 0 Å². The minimum Gasteiger partial charge on any atom is -0.497 e. The van der Waals surface area contributed by atoms with E-state index in [9.17, 15) is 0 Å². The molecule has 0 aliphatic heterocycles. The fourth-order valence-electron chi connectivity index (χ4n) is 2.78. The van der Waals surface area contributed by atoms with Crippen molar-refractivity contribution in [1.82, 2.24) is 0 Å². The number of hydrogen-bond donors (Lipinski definition) is 0. The Morgan fingerprint density at radius 3 is 2.05 bits per heavy atom. The van der Waals surface area contributed by atoms with Crippen LogP contribution in [0, 0.1) is 0 Å². The molecule has 1 nitrogen and oxygen atoms in total. The first-order valence-electron chi connectivity index (χ1n) is 6.23. The summed E-state index contributed by atoms with van der Waals surface area (Å²) in [5.74, 6) is 0.909. The second-order valence-electron chi connectivity index (χ2n) is 4.66. The van der Waals surface area contributed by atoms with Gasteiger partial charge >= 0.3 is 0 Å². The van der Waals surface area contributed by atoms with Gasteiger partial charge in [0.2, 0.25) is 0 Å². The standard InChI is InChI=1S/C17H12OS/c1-18-11-6-7-14-15(8-11)12-4-2-3-5-13(12)16-9-19-10-17(14)16/h2-10H,1H3. The van der Waals surface area contributed by atoms with Crippen LogP contribution in [0.15, 0.2) is 53.2 Å². The van der Waals surface area contributed by atoms with E-state index in [-0.39, 0.29) is 0 Å². The maximum Gasteiger partial charge on any atom is 0.119 e. The van der Waals surface area contributed by atoms with E-state index in [2.05, 4.69) is 47.2 Å². The summed E-state index contributed by atoms with van der Waals surface area (Å²) < 4.78 is 5.37. The first kappa shape index (κ1) is 10.8. The SMILES string of the molecule is COc1ccc2c3cscc3c3ccccc3c2c1. The number of hydrogen-bond acceptors (Lipinski definition) is 2. The van der Waals surface area contributed by atoms with E-state index in [4.69, 9.17) is 4.74 Å². The average molecular weight is 264 g/mol. The van der Waals surface area contributed by atoms with Crippen molar-refractivity contribution in [2.75, 3.05) is 7.11 Å². The molecule has 0 fully saturated rings. The van der Waals surface area contributed by atoms with E-state index in [1.807, 2.05) is 6.07 Å². The molecule has 0 aliphatic rings. The summed E-state index contributed by atoms with van der Waals surface area (Å²) in [4.78, 5) is 0. The smallest absolute Gasteiger partial charge is 0.119 e. The van der Waals surface area contributed by atoms with Crippen molar-refractivity contribution in [3.05, 3.63) is 53.2 Å². The monoisotopic (exact) mass is 264 g/mol. The molecular formula is C17H12OS. The lowest BCUT2D eigenvalue weighted by atomic mass is 9.97. The molecule has 0 bridgehead atoms. The molecule has 0 saturated heterocycles. The number of thiophene rings is 1. The summed E-state index contributed by atoms with van der Waals surface area (Å²) in [6.07, 6.45) is 0. The lowest BCUT2D eigenvalue weighted by Crippen LogP contribution is -1.84. The number of benzene rings is 3. The highest BCUT2D eigenvalue weighted by Gasteiger charge is 2.09. The highest BCUT2D eigenvalue weighted by molar-refractivity contribution is 7.09. The van der Waals surface area contributed by atoms with Crippen molar-refractivity contribution in [3.8, 4) is 5.75 Å². The molecule has 1 aromatic heterocycles. The summed E-state index contributed by atoms with van der Waals surface area (Å²) in [5.41, 5.74) is 0. The summed E-state index contributed by atoms with van der Waals surface area (Å²) in [6.45, 7) is 0. The largest absolute Gasteiger partial charge is 0.497 e. The van der Waals surface area contributed by atoms with Gasteiger partial charge in [-0.2, -0.15) is 11.3 Å². The fourth-order valence-corrected chi connectivity index (χ4v) is 3.62. The summed E-state index contributed by atoms with van der Waals surface area (Å²) >= 11 is 1.76. The quantitative estimate of drug-likeness (QED) is 0.428. The van der Waals surface area contributed by atoms with Crippen molar-refractivity contribution in [2.24, 2.45) is 0 Å². The van der Waals surface area contributed by atoms with Gasteiger partial charge in [-0.25, -0.2) is 0 Å². The Bertz CT molecular complexity index is 905. The Hall–Kier alpha value is -2.06. The topological polar surface area (TPSA) is 9.23 Å². The van der Waals surface area contributed by atoms with Crippen LogP contribution in [0.3, 0.4) is 0 Å². The minimum atomic E-state index is 0.909. The molecule has 0 spiro atoms. The van der Waals surface area contributed by atoms with Gasteiger partial charge in [0.15, 0.2) is 0 Å². The molecule has 1 heterocycles. The van der Waals surface area contributed by atoms with Gasteiger partial charge in [0.25, 0.3) is 0 Å². The third kappa shape index (κ3) is 1.47. The zero-order valence-electron chi connectivity index (χ0n) is 10.5. The number of rotatable bonds is 1. The van der Waals surface area contributed by atoms with Crippen LogP contribution in [0.4, 0.5) is 0 Å². The molecule has 4 rings (SSSR count). The van der Waals surface area contributed by atoms with Crippen LogP contribution in [0.25, 0.3) is 32.3 Å². The van der Waals surface area contributed by atoms with Gasteiger partial charge in [0.05, 0.1) is 7.11 Å². The first-order valence-corrected chi connectivity index (χ1v) is 7.17. The van der Waals surface area contributed by atoms with Crippen LogP contribution in [0.5, 0.6) is 5.75 Å². The van der Waals surface area contributed by atoms with Gasteiger partial charge in [0.1, 0.15) is 5.75 Å². The van der Waals surface area contributed by atoms with E-state index < -0.39 is 0 Å². The van der Waals surface area contributed by atoms with Crippen LogP contribution in [0.1, 0.15) is 0 Å². The van der Waals surface area contributed by atoms with Crippen molar-refractivity contribution < 1.29 is 4.74 Å². The van der Waals surface area contributed by atoms with E-state index in [0.717, 1.165) is 5.75 Å². The highest BCUT2D eigenvalue weighted by atomic mass is 32.1. The Kier molecular flexibility index (Phi) is 2.26. The summed E-state index contributed by atoms with van der Waals surface area (Å²) in [7, 11) is 1.71. The Labute approximate surface area is 115 Å². The van der Waals surface area contributed by atoms with Crippen LogP contribution in [-0.2, 0) is 0 Å². The predicted molar refractivity (Wildman–Crippen MR) is 83.4 cm³/mol. The fraction of sp³-hybridized carbons (Fsp3) is 0.0588. The molecule has 0 radical (unpaired) electrons. The molecule has 0 N–H and O–H groups in total. The lowest BCUT2D eigenvalue weighted by Gasteiger charge is -2.08. The van der Waals surface area contributed by atoms with Crippen LogP contribution >= 0.6 is 11.3 Å². The van der Waals surface area contributed by atoms with E-state index in [1.54, 1.807) is 18.4 Å². The highest BCUT2D eigenvalue weighted by Crippen LogP contribution is 2.38. The normalized spacial score (nSPS) is 11.4. The summed E-state index contributed by atoms with van der Waals surface area (Å²) in [5, 5.41) is 12.3. The third-order valence-corrected chi connectivity index (χ3v) is 4.43. The Morgan fingerprint density at radius 1 is 0.737 bits per heavy atom. The minimum absolute atomic E-state index is 0.909. The van der Waals surface area contributed by atoms with Gasteiger partial charge in [-0.15, -0.1) is 0 Å².